The Bertz CT molecular complexity index is 833. The molecule has 0 aliphatic heterocycles. The number of H-pyrrole nitrogens is 1. The van der Waals surface area contributed by atoms with E-state index in [1.807, 2.05) is 30.3 Å². The van der Waals surface area contributed by atoms with Crippen molar-refractivity contribution in [2.24, 2.45) is 0 Å². The van der Waals surface area contributed by atoms with Crippen molar-refractivity contribution in [3.05, 3.63) is 65.8 Å². The molecule has 0 atom stereocenters. The molecule has 2 aromatic heterocycles. The Hall–Kier alpha value is -3.06. The maximum absolute atomic E-state index is 12.4. The Balaban J connectivity index is 2.05. The van der Waals surface area contributed by atoms with Crippen LogP contribution in [0.1, 0.15) is 16.1 Å². The fourth-order valence-corrected chi connectivity index (χ4v) is 2.07. The first-order chi connectivity index (χ1) is 9.79. The molecule has 4 nitrogen and oxygen atoms in total. The third-order valence-corrected chi connectivity index (χ3v) is 3.03. The second-order valence-corrected chi connectivity index (χ2v) is 4.26. The number of fused-ring (bicyclic) bond motifs is 1. The van der Waals surface area contributed by atoms with Crippen molar-refractivity contribution in [2.75, 3.05) is 0 Å². The van der Waals surface area contributed by atoms with Crippen LogP contribution in [0.5, 0.6) is 0 Å². The van der Waals surface area contributed by atoms with Gasteiger partial charge in [0.15, 0.2) is 0 Å². The maximum Gasteiger partial charge on any atom is 0.205 e. The van der Waals surface area contributed by atoms with Crippen molar-refractivity contribution < 1.29 is 9.21 Å². The molecule has 0 saturated carbocycles. The Morgan fingerprint density at radius 2 is 2.10 bits per heavy atom. The molecular formula is C16H10N2O2. The number of hydrogen-bond donors (Lipinski definition) is 1. The smallest absolute Gasteiger partial charge is 0.205 e. The van der Waals surface area contributed by atoms with Gasteiger partial charge in [-0.2, -0.15) is 5.26 Å². The normalized spacial score (nSPS) is 11.4. The molecule has 0 amide bonds. The van der Waals surface area contributed by atoms with Crippen LogP contribution in [0.3, 0.4) is 0 Å². The van der Waals surface area contributed by atoms with E-state index in [4.69, 9.17) is 4.42 Å². The first kappa shape index (κ1) is 12.0. The lowest BCUT2D eigenvalue weighted by Crippen LogP contribution is -2.00. The molecule has 2 heterocycles. The molecule has 1 aromatic carbocycles. The second kappa shape index (κ2) is 4.90. The summed E-state index contributed by atoms with van der Waals surface area (Å²) in [6.45, 7) is 0. The lowest BCUT2D eigenvalue weighted by Gasteiger charge is -1.97. The summed E-state index contributed by atoms with van der Waals surface area (Å²) in [4.78, 5) is 15.5. The van der Waals surface area contributed by atoms with Crippen molar-refractivity contribution in [3.8, 4) is 6.07 Å². The van der Waals surface area contributed by atoms with Gasteiger partial charge in [-0.15, -0.1) is 0 Å². The third-order valence-electron chi connectivity index (χ3n) is 3.03. The third kappa shape index (κ3) is 2.02. The number of carbonyl (C=O) groups excluding carboxylic acids is 1. The van der Waals surface area contributed by atoms with Crippen molar-refractivity contribution >= 4 is 22.8 Å². The minimum atomic E-state index is -0.318. The quantitative estimate of drug-likeness (QED) is 0.446. The number of nitrogens with one attached hydrogen (secondary N) is 1. The van der Waals surface area contributed by atoms with E-state index in [2.05, 4.69) is 4.98 Å². The van der Waals surface area contributed by atoms with Crippen molar-refractivity contribution in [2.45, 2.75) is 0 Å². The van der Waals surface area contributed by atoms with Gasteiger partial charge in [-0.05, 0) is 18.2 Å². The molecule has 0 fully saturated rings. The summed E-state index contributed by atoms with van der Waals surface area (Å²) in [5.74, 6) is 0.163. The fraction of sp³-hybridized carbons (Fsp3) is 0. The van der Waals surface area contributed by atoms with Crippen LogP contribution in [-0.2, 0) is 0 Å². The Kier molecular flexibility index (Phi) is 2.94. The lowest BCUT2D eigenvalue weighted by atomic mass is 10.0. The molecule has 96 valence electrons. The van der Waals surface area contributed by atoms with Gasteiger partial charge in [-0.25, -0.2) is 0 Å². The highest BCUT2D eigenvalue weighted by molar-refractivity contribution is 6.19. The highest BCUT2D eigenvalue weighted by Crippen LogP contribution is 2.21. The summed E-state index contributed by atoms with van der Waals surface area (Å²) in [5, 5.41) is 9.98. The molecule has 0 unspecified atom stereocenters. The van der Waals surface area contributed by atoms with Gasteiger partial charge in [0.1, 0.15) is 17.4 Å². The average Bonchev–Trinajstić information content (AvgIpc) is 3.13. The molecule has 0 aliphatic carbocycles. The fourth-order valence-electron chi connectivity index (χ4n) is 2.07. The van der Waals surface area contributed by atoms with Gasteiger partial charge < -0.3 is 9.40 Å². The number of aromatic nitrogens is 1. The maximum atomic E-state index is 12.4. The number of Topliss-reactive ketones (excluding diaryl/α,β-unsaturated/α-hetero) is 1. The first-order valence-corrected chi connectivity index (χ1v) is 6.05. The van der Waals surface area contributed by atoms with Crippen LogP contribution in [-0.4, -0.2) is 10.8 Å². The van der Waals surface area contributed by atoms with Crippen LogP contribution in [0.4, 0.5) is 0 Å². The molecule has 0 spiro atoms. The van der Waals surface area contributed by atoms with Gasteiger partial charge in [-0.3, -0.25) is 4.79 Å². The number of ketones is 1. The number of aromatic amines is 1. The zero-order valence-electron chi connectivity index (χ0n) is 10.5. The molecule has 0 aliphatic rings. The van der Waals surface area contributed by atoms with Gasteiger partial charge in [0.25, 0.3) is 0 Å². The van der Waals surface area contributed by atoms with Gasteiger partial charge in [-0.1, -0.05) is 18.2 Å². The molecule has 0 saturated heterocycles. The highest BCUT2D eigenvalue weighted by atomic mass is 16.3. The van der Waals surface area contributed by atoms with Crippen LogP contribution in [0, 0.1) is 11.3 Å². The summed E-state index contributed by atoms with van der Waals surface area (Å²) in [7, 11) is 0. The molecule has 0 bridgehead atoms. The zero-order valence-corrected chi connectivity index (χ0v) is 10.5. The van der Waals surface area contributed by atoms with E-state index < -0.39 is 0 Å². The minimum absolute atomic E-state index is 0.0460. The van der Waals surface area contributed by atoms with Crippen molar-refractivity contribution in [1.82, 2.24) is 4.98 Å². The SMILES string of the molecule is N#C/C(=C\c1ccco1)C(=O)c1c[nH]c2ccccc12. The predicted molar refractivity (Wildman–Crippen MR) is 74.9 cm³/mol. The van der Waals surface area contributed by atoms with Gasteiger partial charge in [0.05, 0.1) is 6.26 Å². The molecular weight excluding hydrogens is 252 g/mol. The second-order valence-electron chi connectivity index (χ2n) is 4.26. The van der Waals surface area contributed by atoms with Crippen molar-refractivity contribution in [3.63, 3.8) is 0 Å². The van der Waals surface area contributed by atoms with Crippen molar-refractivity contribution in [1.29, 1.82) is 5.26 Å². The average molecular weight is 262 g/mol. The number of allylic oxidation sites excluding steroid dienone is 1. The minimum Gasteiger partial charge on any atom is -0.465 e. The van der Waals surface area contributed by atoms with Gasteiger partial charge in [0, 0.05) is 28.7 Å². The van der Waals surface area contributed by atoms with E-state index >= 15 is 0 Å². The number of hydrogen-bond acceptors (Lipinski definition) is 3. The monoisotopic (exact) mass is 262 g/mol. The summed E-state index contributed by atoms with van der Waals surface area (Å²) in [5.41, 5.74) is 1.40. The highest BCUT2D eigenvalue weighted by Gasteiger charge is 2.16. The van der Waals surface area contributed by atoms with E-state index in [0.29, 0.717) is 11.3 Å². The summed E-state index contributed by atoms with van der Waals surface area (Å²) in [6.07, 6.45) is 4.57. The molecule has 20 heavy (non-hydrogen) atoms. The molecule has 0 radical (unpaired) electrons. The molecule has 3 rings (SSSR count). The Morgan fingerprint density at radius 3 is 2.85 bits per heavy atom. The number of para-hydroxylation sites is 1. The molecule has 3 aromatic rings. The van der Waals surface area contributed by atoms with Crippen LogP contribution in [0.25, 0.3) is 17.0 Å². The topological polar surface area (TPSA) is 69.8 Å². The summed E-state index contributed by atoms with van der Waals surface area (Å²) >= 11 is 0. The zero-order chi connectivity index (χ0) is 13.9. The largest absolute Gasteiger partial charge is 0.465 e. The number of furan rings is 1. The van der Waals surface area contributed by atoms with E-state index in [9.17, 15) is 10.1 Å². The summed E-state index contributed by atoms with van der Waals surface area (Å²) in [6, 6.07) is 12.8. The Morgan fingerprint density at radius 1 is 1.25 bits per heavy atom. The van der Waals surface area contributed by atoms with E-state index in [1.54, 1.807) is 18.3 Å². The van der Waals surface area contributed by atoms with E-state index in [0.717, 1.165) is 10.9 Å². The number of nitriles is 1. The Labute approximate surface area is 114 Å². The molecule has 4 heteroatoms. The van der Waals surface area contributed by atoms with Gasteiger partial charge >= 0.3 is 0 Å². The van der Waals surface area contributed by atoms with Crippen LogP contribution >= 0.6 is 0 Å². The lowest BCUT2D eigenvalue weighted by molar-refractivity contribution is 0.104. The van der Waals surface area contributed by atoms with Crippen LogP contribution < -0.4 is 0 Å². The number of carbonyl (C=O) groups is 1. The molecule has 1 N–H and O–H groups in total. The summed E-state index contributed by atoms with van der Waals surface area (Å²) < 4.78 is 5.13. The van der Waals surface area contributed by atoms with Crippen LogP contribution in [0.15, 0.2) is 58.8 Å². The number of nitrogens with zero attached hydrogens (tertiary/aromatic N) is 1. The van der Waals surface area contributed by atoms with E-state index in [-0.39, 0.29) is 11.4 Å². The number of rotatable bonds is 3. The standard InChI is InChI=1S/C16H10N2O2/c17-9-11(8-12-4-3-7-20-12)16(19)14-10-18-15-6-2-1-5-13(14)15/h1-8,10,18H/b11-8+. The van der Waals surface area contributed by atoms with Crippen LogP contribution in [0.2, 0.25) is 0 Å². The number of benzene rings is 1. The predicted octanol–water partition coefficient (Wildman–Crippen LogP) is 3.55. The van der Waals surface area contributed by atoms with E-state index in [1.165, 1.54) is 12.3 Å². The van der Waals surface area contributed by atoms with Gasteiger partial charge in [0.2, 0.25) is 5.78 Å². The first-order valence-electron chi connectivity index (χ1n) is 6.05.